The molecule has 86 valence electrons. The third-order valence-electron chi connectivity index (χ3n) is 1.42. The van der Waals surface area contributed by atoms with Crippen LogP contribution in [0.1, 0.15) is 25.0 Å². The highest BCUT2D eigenvalue weighted by Gasteiger charge is 1.90. The van der Waals surface area contributed by atoms with Crippen molar-refractivity contribution in [2.45, 2.75) is 27.7 Å². The van der Waals surface area contributed by atoms with E-state index in [4.69, 9.17) is 4.79 Å². The van der Waals surface area contributed by atoms with Gasteiger partial charge in [0.1, 0.15) is 0 Å². The number of benzene rings is 1. The first-order valence-corrected chi connectivity index (χ1v) is 5.60. The molecule has 0 atom stereocenters. The fourth-order valence-corrected chi connectivity index (χ4v) is 1.19. The number of rotatable bonds is 1. The number of halogens is 1. The SMILES string of the molecule is CC.COC=O.Cc1ccc(C)c(Br)c1. The van der Waals surface area contributed by atoms with Gasteiger partial charge in [0.25, 0.3) is 6.47 Å². The lowest BCUT2D eigenvalue weighted by Crippen LogP contribution is -1.75. The van der Waals surface area contributed by atoms with Gasteiger partial charge in [-0.05, 0) is 31.0 Å². The van der Waals surface area contributed by atoms with Crippen molar-refractivity contribution >= 4 is 22.4 Å². The summed E-state index contributed by atoms with van der Waals surface area (Å²) in [7, 11) is 1.31. The van der Waals surface area contributed by atoms with Crippen LogP contribution < -0.4 is 0 Å². The Balaban J connectivity index is 0. The highest BCUT2D eigenvalue weighted by atomic mass is 79.9. The Morgan fingerprint density at radius 1 is 1.27 bits per heavy atom. The van der Waals surface area contributed by atoms with Gasteiger partial charge >= 0.3 is 0 Å². The van der Waals surface area contributed by atoms with Crippen molar-refractivity contribution in [3.8, 4) is 0 Å². The monoisotopic (exact) mass is 274 g/mol. The third kappa shape index (κ3) is 9.47. The molecule has 0 heterocycles. The first kappa shape index (κ1) is 16.6. The molecule has 0 aliphatic carbocycles. The van der Waals surface area contributed by atoms with E-state index < -0.39 is 0 Å². The summed E-state index contributed by atoms with van der Waals surface area (Å²) in [4.78, 5) is 8.95. The zero-order chi connectivity index (χ0) is 12.3. The molecule has 1 rings (SSSR count). The summed E-state index contributed by atoms with van der Waals surface area (Å²) in [6.07, 6.45) is 0. The van der Waals surface area contributed by atoms with E-state index in [1.54, 1.807) is 0 Å². The lowest BCUT2D eigenvalue weighted by atomic mass is 10.2. The highest BCUT2D eigenvalue weighted by Crippen LogP contribution is 2.16. The molecule has 1 aromatic carbocycles. The number of hydrogen-bond acceptors (Lipinski definition) is 2. The number of carbonyl (C=O) groups excluding carboxylic acids is 1. The van der Waals surface area contributed by atoms with Gasteiger partial charge in [-0.3, -0.25) is 4.79 Å². The molecule has 0 saturated heterocycles. The van der Waals surface area contributed by atoms with E-state index in [9.17, 15) is 0 Å². The van der Waals surface area contributed by atoms with Crippen molar-refractivity contribution in [1.29, 1.82) is 0 Å². The van der Waals surface area contributed by atoms with E-state index in [0.29, 0.717) is 6.47 Å². The van der Waals surface area contributed by atoms with Crippen LogP contribution in [0.15, 0.2) is 22.7 Å². The van der Waals surface area contributed by atoms with Crippen molar-refractivity contribution in [3.05, 3.63) is 33.8 Å². The standard InChI is InChI=1S/C8H9Br.C2H4O2.C2H6/c1-6-3-4-7(2)8(9)5-6;1-4-2-3;1-2/h3-5H,1-2H3;2H,1H3;1-2H3. The fraction of sp³-hybridized carbons (Fsp3) is 0.417. The maximum absolute atomic E-state index is 8.95. The van der Waals surface area contributed by atoms with Crippen LogP contribution in [-0.4, -0.2) is 13.6 Å². The van der Waals surface area contributed by atoms with Crippen LogP contribution in [0.2, 0.25) is 0 Å². The second-order valence-corrected chi connectivity index (χ2v) is 3.44. The van der Waals surface area contributed by atoms with Gasteiger partial charge in [-0.1, -0.05) is 41.9 Å². The molecular weight excluding hydrogens is 256 g/mol. The van der Waals surface area contributed by atoms with E-state index in [-0.39, 0.29) is 0 Å². The van der Waals surface area contributed by atoms with Gasteiger partial charge in [0, 0.05) is 4.47 Å². The summed E-state index contributed by atoms with van der Waals surface area (Å²) in [5.41, 5.74) is 2.59. The lowest BCUT2D eigenvalue weighted by molar-refractivity contribution is -0.126. The Morgan fingerprint density at radius 2 is 1.73 bits per heavy atom. The van der Waals surface area contributed by atoms with Crippen molar-refractivity contribution in [3.63, 3.8) is 0 Å². The van der Waals surface area contributed by atoms with E-state index >= 15 is 0 Å². The van der Waals surface area contributed by atoms with Gasteiger partial charge in [-0.15, -0.1) is 0 Å². The topological polar surface area (TPSA) is 26.3 Å². The van der Waals surface area contributed by atoms with Crippen molar-refractivity contribution in [2.75, 3.05) is 7.11 Å². The second kappa shape index (κ2) is 11.2. The molecular formula is C12H19BrO2. The summed E-state index contributed by atoms with van der Waals surface area (Å²) in [5.74, 6) is 0. The lowest BCUT2D eigenvalue weighted by Gasteiger charge is -1.96. The Hall–Kier alpha value is -0.830. The molecule has 0 bridgehead atoms. The summed E-state index contributed by atoms with van der Waals surface area (Å²) >= 11 is 3.45. The molecule has 1 aromatic rings. The average Bonchev–Trinajstić information content (AvgIpc) is 2.27. The van der Waals surface area contributed by atoms with Gasteiger partial charge < -0.3 is 4.74 Å². The van der Waals surface area contributed by atoms with Crippen molar-refractivity contribution in [2.24, 2.45) is 0 Å². The fourth-order valence-electron chi connectivity index (χ4n) is 0.698. The number of ether oxygens (including phenoxy) is 1. The molecule has 0 amide bonds. The van der Waals surface area contributed by atoms with Crippen LogP contribution in [0.25, 0.3) is 0 Å². The minimum Gasteiger partial charge on any atom is -0.471 e. The van der Waals surface area contributed by atoms with Crippen LogP contribution in [0.4, 0.5) is 0 Å². The summed E-state index contributed by atoms with van der Waals surface area (Å²) in [6.45, 7) is 8.55. The Kier molecular flexibility index (Phi) is 12.4. The van der Waals surface area contributed by atoms with Gasteiger partial charge in [-0.25, -0.2) is 0 Å². The van der Waals surface area contributed by atoms with E-state index in [0.717, 1.165) is 0 Å². The molecule has 0 unspecified atom stereocenters. The quantitative estimate of drug-likeness (QED) is 0.727. The zero-order valence-electron chi connectivity index (χ0n) is 10.0. The minimum atomic E-state index is 0.375. The molecule has 3 heteroatoms. The van der Waals surface area contributed by atoms with Crippen LogP contribution in [0, 0.1) is 13.8 Å². The van der Waals surface area contributed by atoms with Gasteiger partial charge in [0.05, 0.1) is 7.11 Å². The van der Waals surface area contributed by atoms with Gasteiger partial charge in [0.15, 0.2) is 0 Å². The smallest absolute Gasteiger partial charge is 0.292 e. The molecule has 0 fully saturated rings. The van der Waals surface area contributed by atoms with Crippen molar-refractivity contribution in [1.82, 2.24) is 0 Å². The normalized spacial score (nSPS) is 7.60. The number of carbonyl (C=O) groups is 1. The molecule has 2 nitrogen and oxygen atoms in total. The first-order chi connectivity index (χ1) is 7.11. The maximum atomic E-state index is 8.95. The van der Waals surface area contributed by atoms with E-state index in [2.05, 4.69) is 52.7 Å². The van der Waals surface area contributed by atoms with Crippen LogP contribution in [0.3, 0.4) is 0 Å². The Labute approximate surface area is 101 Å². The summed E-state index contributed by atoms with van der Waals surface area (Å²) in [6, 6.07) is 6.34. The maximum Gasteiger partial charge on any atom is 0.292 e. The van der Waals surface area contributed by atoms with Crippen LogP contribution in [-0.2, 0) is 9.53 Å². The molecule has 0 radical (unpaired) electrons. The van der Waals surface area contributed by atoms with E-state index in [1.807, 2.05) is 13.8 Å². The van der Waals surface area contributed by atoms with Crippen LogP contribution in [0.5, 0.6) is 0 Å². The minimum absolute atomic E-state index is 0.375. The Bertz CT molecular complexity index is 272. The van der Waals surface area contributed by atoms with Crippen molar-refractivity contribution < 1.29 is 9.53 Å². The summed E-state index contributed by atoms with van der Waals surface area (Å²) in [5, 5.41) is 0. The first-order valence-electron chi connectivity index (χ1n) is 4.81. The number of methoxy groups -OCH3 is 1. The zero-order valence-corrected chi connectivity index (χ0v) is 11.6. The molecule has 0 aliphatic heterocycles. The highest BCUT2D eigenvalue weighted by molar-refractivity contribution is 9.10. The predicted molar refractivity (Wildman–Crippen MR) is 68.0 cm³/mol. The molecule has 15 heavy (non-hydrogen) atoms. The molecule has 0 aromatic heterocycles. The predicted octanol–water partition coefficient (Wildman–Crippen LogP) is 3.88. The van der Waals surface area contributed by atoms with Crippen LogP contribution >= 0.6 is 15.9 Å². The number of hydrogen-bond donors (Lipinski definition) is 0. The molecule has 0 aliphatic rings. The molecule has 0 N–H and O–H groups in total. The average molecular weight is 275 g/mol. The van der Waals surface area contributed by atoms with E-state index in [1.165, 1.54) is 22.7 Å². The molecule has 0 spiro atoms. The third-order valence-corrected chi connectivity index (χ3v) is 2.28. The summed E-state index contributed by atoms with van der Waals surface area (Å²) < 4.78 is 5.06. The molecule has 0 saturated carbocycles. The second-order valence-electron chi connectivity index (χ2n) is 2.58. The Morgan fingerprint density at radius 3 is 2.00 bits per heavy atom. The van der Waals surface area contributed by atoms with Gasteiger partial charge in [0.2, 0.25) is 0 Å². The largest absolute Gasteiger partial charge is 0.471 e. The van der Waals surface area contributed by atoms with Gasteiger partial charge in [-0.2, -0.15) is 0 Å². The number of aryl methyl sites for hydroxylation is 2.